The molecule has 1 aromatic carbocycles. The molecule has 0 unspecified atom stereocenters. The average molecular weight is 461 g/mol. The quantitative estimate of drug-likeness (QED) is 0.725. The van der Waals surface area contributed by atoms with Crippen LogP contribution in [0.15, 0.2) is 29.2 Å². The highest BCUT2D eigenvalue weighted by molar-refractivity contribution is 7.89. The van der Waals surface area contributed by atoms with E-state index in [0.717, 1.165) is 17.8 Å². The third-order valence-corrected chi connectivity index (χ3v) is 10.3. The topological polar surface area (TPSA) is 75.7 Å². The number of carbonyl (C=O) groups excluding carboxylic acids is 1. The van der Waals surface area contributed by atoms with Gasteiger partial charge in [-0.25, -0.2) is 8.42 Å². The zero-order chi connectivity index (χ0) is 22.7. The molecule has 0 radical (unpaired) electrons. The van der Waals surface area contributed by atoms with Gasteiger partial charge < -0.3 is 10.1 Å². The Morgan fingerprint density at radius 2 is 1.62 bits per heavy atom. The molecular formula is C25H36N2O4S. The maximum atomic E-state index is 13.2. The minimum atomic E-state index is -3.68. The molecule has 4 bridgehead atoms. The number of morpholine rings is 1. The summed E-state index contributed by atoms with van der Waals surface area (Å²) in [6.45, 7) is 6.57. The van der Waals surface area contributed by atoms with Crippen LogP contribution in [-0.4, -0.2) is 50.0 Å². The lowest BCUT2D eigenvalue weighted by molar-refractivity contribution is -0.0688. The van der Waals surface area contributed by atoms with Crippen molar-refractivity contribution in [1.29, 1.82) is 0 Å². The van der Waals surface area contributed by atoms with Crippen LogP contribution in [0.5, 0.6) is 0 Å². The monoisotopic (exact) mass is 460 g/mol. The fourth-order valence-corrected chi connectivity index (χ4v) is 9.05. The maximum absolute atomic E-state index is 13.2. The van der Waals surface area contributed by atoms with Crippen LogP contribution in [0.4, 0.5) is 0 Å². The number of nitrogens with one attached hydrogen (secondary N) is 1. The molecule has 1 aliphatic heterocycles. The largest absolute Gasteiger partial charge is 0.373 e. The number of sulfonamides is 1. The number of rotatable bonds is 5. The van der Waals surface area contributed by atoms with E-state index >= 15 is 0 Å². The van der Waals surface area contributed by atoms with E-state index in [9.17, 15) is 13.2 Å². The summed E-state index contributed by atoms with van der Waals surface area (Å²) in [7, 11) is -3.68. The Labute approximate surface area is 192 Å². The van der Waals surface area contributed by atoms with Crippen molar-refractivity contribution >= 4 is 15.9 Å². The van der Waals surface area contributed by atoms with Crippen molar-refractivity contribution in [3.05, 3.63) is 29.8 Å². The Balaban J connectivity index is 1.32. The van der Waals surface area contributed by atoms with Gasteiger partial charge in [-0.05, 0) is 101 Å². The molecule has 5 aliphatic rings. The van der Waals surface area contributed by atoms with Crippen LogP contribution in [-0.2, 0) is 14.8 Å². The van der Waals surface area contributed by atoms with Crippen LogP contribution >= 0.6 is 0 Å². The first-order valence-electron chi connectivity index (χ1n) is 12.2. The van der Waals surface area contributed by atoms with Gasteiger partial charge in [0, 0.05) is 24.7 Å². The molecule has 1 aromatic rings. The van der Waals surface area contributed by atoms with E-state index in [2.05, 4.69) is 12.2 Å². The predicted octanol–water partition coefficient (Wildman–Crippen LogP) is 3.82. The lowest BCUT2D eigenvalue weighted by Gasteiger charge is -2.59. The van der Waals surface area contributed by atoms with Crippen LogP contribution in [0.25, 0.3) is 0 Å². The molecular weight excluding hydrogens is 424 g/mol. The molecule has 4 aliphatic carbocycles. The second-order valence-electron chi connectivity index (χ2n) is 11.1. The van der Waals surface area contributed by atoms with Gasteiger partial charge in [0.2, 0.25) is 10.0 Å². The number of amides is 1. The third-order valence-electron chi connectivity index (χ3n) is 8.47. The van der Waals surface area contributed by atoms with E-state index < -0.39 is 10.0 Å². The van der Waals surface area contributed by atoms with E-state index in [1.807, 2.05) is 13.8 Å². The van der Waals surface area contributed by atoms with Crippen molar-refractivity contribution in [2.75, 3.05) is 13.1 Å². The van der Waals surface area contributed by atoms with E-state index in [0.29, 0.717) is 18.7 Å². The summed E-state index contributed by atoms with van der Waals surface area (Å²) in [4.78, 5) is 13.3. The maximum Gasteiger partial charge on any atom is 0.251 e. The molecule has 7 heteroatoms. The van der Waals surface area contributed by atoms with Gasteiger partial charge in [-0.3, -0.25) is 4.79 Å². The van der Waals surface area contributed by atoms with Gasteiger partial charge in [-0.15, -0.1) is 0 Å². The highest BCUT2D eigenvalue weighted by atomic mass is 32.2. The minimum Gasteiger partial charge on any atom is -0.373 e. The third kappa shape index (κ3) is 4.01. The van der Waals surface area contributed by atoms with E-state index in [4.69, 9.17) is 4.74 Å². The predicted molar refractivity (Wildman–Crippen MR) is 123 cm³/mol. The molecule has 3 atom stereocenters. The zero-order valence-electron chi connectivity index (χ0n) is 19.4. The number of carbonyl (C=O) groups is 1. The number of ether oxygens (including phenoxy) is 1. The van der Waals surface area contributed by atoms with Crippen molar-refractivity contribution in [3.8, 4) is 0 Å². The molecule has 0 spiro atoms. The molecule has 1 amide bonds. The first-order valence-corrected chi connectivity index (χ1v) is 13.7. The van der Waals surface area contributed by atoms with Crippen LogP contribution in [0, 0.1) is 23.2 Å². The fraction of sp³-hybridized carbons (Fsp3) is 0.720. The summed E-state index contributed by atoms with van der Waals surface area (Å²) in [5, 5.41) is 3.26. The second kappa shape index (κ2) is 8.10. The molecule has 6 nitrogen and oxygen atoms in total. The summed E-state index contributed by atoms with van der Waals surface area (Å²) in [6, 6.07) is 6.60. The van der Waals surface area contributed by atoms with Gasteiger partial charge >= 0.3 is 0 Å². The molecule has 6 rings (SSSR count). The molecule has 176 valence electrons. The lowest BCUT2D eigenvalue weighted by Crippen LogP contribution is -2.55. The molecule has 1 N–H and O–H groups in total. The van der Waals surface area contributed by atoms with Crippen molar-refractivity contribution in [2.45, 2.75) is 82.4 Å². The summed E-state index contributed by atoms with van der Waals surface area (Å²) < 4.78 is 33.6. The average Bonchev–Trinajstić information content (AvgIpc) is 2.72. The van der Waals surface area contributed by atoms with Crippen LogP contribution in [0.1, 0.15) is 69.7 Å². The Morgan fingerprint density at radius 1 is 1.06 bits per heavy atom. The van der Waals surface area contributed by atoms with Gasteiger partial charge in [0.25, 0.3) is 5.91 Å². The minimum absolute atomic E-state index is 0.101. The number of benzene rings is 1. The van der Waals surface area contributed by atoms with E-state index in [1.54, 1.807) is 18.2 Å². The number of hydrogen-bond acceptors (Lipinski definition) is 4. The highest BCUT2D eigenvalue weighted by Gasteiger charge is 2.53. The fourth-order valence-electron chi connectivity index (χ4n) is 7.41. The normalized spacial score (nSPS) is 37.9. The smallest absolute Gasteiger partial charge is 0.251 e. The van der Waals surface area contributed by atoms with Gasteiger partial charge in [0.15, 0.2) is 0 Å². The van der Waals surface area contributed by atoms with Gasteiger partial charge in [0.1, 0.15) is 0 Å². The Hall–Kier alpha value is -1.44. The van der Waals surface area contributed by atoms with Gasteiger partial charge in [-0.2, -0.15) is 4.31 Å². The lowest BCUT2D eigenvalue weighted by atomic mass is 9.48. The van der Waals surface area contributed by atoms with Crippen LogP contribution < -0.4 is 5.32 Å². The summed E-state index contributed by atoms with van der Waals surface area (Å²) >= 11 is 0. The molecule has 5 fully saturated rings. The van der Waals surface area contributed by atoms with Crippen LogP contribution in [0.3, 0.4) is 0 Å². The Bertz CT molecular complexity index is 946. The Kier molecular flexibility index (Phi) is 5.66. The van der Waals surface area contributed by atoms with Gasteiger partial charge in [0.05, 0.1) is 17.1 Å². The van der Waals surface area contributed by atoms with Crippen LogP contribution in [0.2, 0.25) is 0 Å². The molecule has 0 aromatic heterocycles. The first kappa shape index (κ1) is 22.4. The van der Waals surface area contributed by atoms with Crippen molar-refractivity contribution in [1.82, 2.24) is 9.62 Å². The summed E-state index contributed by atoms with van der Waals surface area (Å²) in [6.07, 6.45) is 7.49. The number of nitrogens with zero attached hydrogens (tertiary/aromatic N) is 1. The van der Waals surface area contributed by atoms with Crippen molar-refractivity contribution in [3.63, 3.8) is 0 Å². The molecule has 1 heterocycles. The second-order valence-corrected chi connectivity index (χ2v) is 13.0. The Morgan fingerprint density at radius 3 is 2.19 bits per heavy atom. The molecule has 1 saturated heterocycles. The molecule has 4 saturated carbocycles. The zero-order valence-corrected chi connectivity index (χ0v) is 20.2. The highest BCUT2D eigenvalue weighted by Crippen LogP contribution is 2.61. The standard InChI is InChI=1S/C25H36N2O4S/c1-16-14-27(15-17(2)31-16)32(29,30)23-6-4-5-22(10-23)24(28)26-18(3)25-11-19-7-20(12-25)9-21(8-19)13-25/h4-6,10,16-21H,7-9,11-15H2,1-3H3,(H,26,28)/t16-,17-,18-,19?,20?,21?,25?/m1/s1. The SMILES string of the molecule is C[C@@H]1CN(S(=O)(=O)c2cccc(C(=O)N[C@H](C)C34CC5CC(CC(C5)C3)C4)c2)C[C@@H](C)O1. The first-order chi connectivity index (χ1) is 15.1. The van der Waals surface area contributed by atoms with E-state index in [1.165, 1.54) is 48.9 Å². The summed E-state index contributed by atoms with van der Waals surface area (Å²) in [5.41, 5.74) is 0.630. The van der Waals surface area contributed by atoms with Crippen molar-refractivity contribution in [2.24, 2.45) is 23.2 Å². The molecule has 32 heavy (non-hydrogen) atoms. The van der Waals surface area contributed by atoms with Crippen molar-refractivity contribution < 1.29 is 17.9 Å². The van der Waals surface area contributed by atoms with Gasteiger partial charge in [-0.1, -0.05) is 6.07 Å². The number of hydrogen-bond donors (Lipinski definition) is 1. The van der Waals surface area contributed by atoms with E-state index in [-0.39, 0.29) is 34.5 Å². The summed E-state index contributed by atoms with van der Waals surface area (Å²) in [5.74, 6) is 2.31.